The number of hydrogen-bond donors (Lipinski definition) is 1. The van der Waals surface area contributed by atoms with Gasteiger partial charge in [-0.3, -0.25) is 4.79 Å². The lowest BCUT2D eigenvalue weighted by atomic mass is 10.1. The molecule has 1 aromatic heterocycles. The molecule has 0 atom stereocenters. The van der Waals surface area contributed by atoms with Crippen LogP contribution in [0.1, 0.15) is 18.2 Å². The molecular formula is C14H12N2O2. The number of furan rings is 1. The first-order valence-corrected chi connectivity index (χ1v) is 5.53. The van der Waals surface area contributed by atoms with Crippen molar-refractivity contribution in [2.24, 2.45) is 0 Å². The van der Waals surface area contributed by atoms with Gasteiger partial charge in [0.25, 0.3) is 0 Å². The van der Waals surface area contributed by atoms with E-state index >= 15 is 0 Å². The largest absolute Gasteiger partial charge is 0.459 e. The molecule has 1 aromatic carbocycles. The molecule has 90 valence electrons. The number of nitrogens with zero attached hydrogens (tertiary/aromatic N) is 1. The fourth-order valence-corrected chi connectivity index (χ4v) is 1.55. The molecule has 0 radical (unpaired) electrons. The molecule has 1 heterocycles. The van der Waals surface area contributed by atoms with Crippen LogP contribution in [-0.4, -0.2) is 5.91 Å². The van der Waals surface area contributed by atoms with Crippen molar-refractivity contribution in [3.63, 3.8) is 0 Å². The summed E-state index contributed by atoms with van der Waals surface area (Å²) in [6.45, 7) is 1.84. The van der Waals surface area contributed by atoms with E-state index < -0.39 is 0 Å². The van der Waals surface area contributed by atoms with Crippen molar-refractivity contribution in [3.8, 4) is 17.4 Å². The molecule has 1 amide bonds. The van der Waals surface area contributed by atoms with Gasteiger partial charge in [-0.05, 0) is 36.4 Å². The van der Waals surface area contributed by atoms with Crippen molar-refractivity contribution in [2.75, 3.05) is 0 Å². The van der Waals surface area contributed by atoms with Crippen LogP contribution in [0.25, 0.3) is 11.3 Å². The fourth-order valence-electron chi connectivity index (χ4n) is 1.55. The Balaban J connectivity index is 2.13. The van der Waals surface area contributed by atoms with Crippen molar-refractivity contribution in [1.29, 1.82) is 5.26 Å². The lowest BCUT2D eigenvalue weighted by molar-refractivity contribution is -0.119. The summed E-state index contributed by atoms with van der Waals surface area (Å²) in [6.07, 6.45) is 0. The van der Waals surface area contributed by atoms with E-state index in [0.717, 1.165) is 11.3 Å². The van der Waals surface area contributed by atoms with E-state index in [2.05, 4.69) is 11.4 Å². The second-order valence-electron chi connectivity index (χ2n) is 3.86. The third-order valence-electron chi connectivity index (χ3n) is 2.47. The predicted molar refractivity (Wildman–Crippen MR) is 66.4 cm³/mol. The van der Waals surface area contributed by atoms with E-state index in [-0.39, 0.29) is 5.91 Å². The minimum absolute atomic E-state index is 0.0914. The summed E-state index contributed by atoms with van der Waals surface area (Å²) in [5.41, 5.74) is 1.52. The summed E-state index contributed by atoms with van der Waals surface area (Å²) in [5, 5.41) is 11.4. The summed E-state index contributed by atoms with van der Waals surface area (Å²) < 4.78 is 5.60. The van der Waals surface area contributed by atoms with Gasteiger partial charge in [0, 0.05) is 12.5 Å². The smallest absolute Gasteiger partial charge is 0.217 e. The summed E-state index contributed by atoms with van der Waals surface area (Å²) in [4.78, 5) is 10.8. The molecule has 18 heavy (non-hydrogen) atoms. The minimum Gasteiger partial charge on any atom is -0.459 e. The molecule has 2 rings (SSSR count). The quantitative estimate of drug-likeness (QED) is 0.896. The monoisotopic (exact) mass is 240 g/mol. The van der Waals surface area contributed by atoms with Crippen molar-refractivity contribution in [1.82, 2.24) is 5.32 Å². The molecule has 0 fully saturated rings. The third kappa shape index (κ3) is 2.77. The summed E-state index contributed by atoms with van der Waals surface area (Å²) >= 11 is 0. The van der Waals surface area contributed by atoms with Crippen LogP contribution >= 0.6 is 0 Å². The van der Waals surface area contributed by atoms with Gasteiger partial charge in [0.15, 0.2) is 0 Å². The van der Waals surface area contributed by atoms with Crippen LogP contribution in [0.5, 0.6) is 0 Å². The molecule has 0 bridgehead atoms. The maximum atomic E-state index is 10.8. The van der Waals surface area contributed by atoms with Gasteiger partial charge in [0.2, 0.25) is 5.91 Å². The second kappa shape index (κ2) is 5.19. The van der Waals surface area contributed by atoms with E-state index in [1.165, 1.54) is 6.92 Å². The fraction of sp³-hybridized carbons (Fsp3) is 0.143. The Morgan fingerprint density at radius 3 is 2.61 bits per heavy atom. The van der Waals surface area contributed by atoms with Crippen LogP contribution < -0.4 is 5.32 Å². The number of amides is 1. The number of benzene rings is 1. The Morgan fingerprint density at radius 2 is 2.00 bits per heavy atom. The van der Waals surface area contributed by atoms with Gasteiger partial charge < -0.3 is 9.73 Å². The number of carbonyl (C=O) groups is 1. The highest BCUT2D eigenvalue weighted by Crippen LogP contribution is 2.22. The highest BCUT2D eigenvalue weighted by atomic mass is 16.3. The summed E-state index contributed by atoms with van der Waals surface area (Å²) in [5.74, 6) is 1.33. The zero-order valence-electron chi connectivity index (χ0n) is 9.93. The minimum atomic E-state index is -0.0914. The molecule has 0 aliphatic heterocycles. The number of rotatable bonds is 3. The van der Waals surface area contributed by atoms with Gasteiger partial charge in [-0.1, -0.05) is 0 Å². The summed E-state index contributed by atoms with van der Waals surface area (Å²) in [6, 6.07) is 12.9. The SMILES string of the molecule is CC(=O)NCc1ccc(-c2ccc(C#N)cc2)o1. The maximum Gasteiger partial charge on any atom is 0.217 e. The van der Waals surface area contributed by atoms with E-state index in [4.69, 9.17) is 9.68 Å². The molecule has 0 aliphatic carbocycles. The number of carbonyl (C=O) groups excluding carboxylic acids is 1. The first kappa shape index (κ1) is 11.9. The lowest BCUT2D eigenvalue weighted by Gasteiger charge is -1.99. The standard InChI is InChI=1S/C14H12N2O2/c1-10(17)16-9-13-6-7-14(18-13)12-4-2-11(8-15)3-5-12/h2-7H,9H2,1H3,(H,16,17). The van der Waals surface area contributed by atoms with Crippen molar-refractivity contribution >= 4 is 5.91 Å². The second-order valence-corrected chi connectivity index (χ2v) is 3.86. The number of nitrogens with one attached hydrogen (secondary N) is 1. The van der Waals surface area contributed by atoms with Crippen LogP contribution in [0, 0.1) is 11.3 Å². The molecule has 1 N–H and O–H groups in total. The van der Waals surface area contributed by atoms with E-state index in [0.29, 0.717) is 17.9 Å². The first-order valence-electron chi connectivity index (χ1n) is 5.53. The zero-order chi connectivity index (χ0) is 13.0. The number of nitriles is 1. The highest BCUT2D eigenvalue weighted by Gasteiger charge is 2.05. The van der Waals surface area contributed by atoms with Crippen LogP contribution in [0.2, 0.25) is 0 Å². The zero-order valence-corrected chi connectivity index (χ0v) is 9.93. The number of hydrogen-bond acceptors (Lipinski definition) is 3. The molecule has 0 aliphatic rings. The van der Waals surface area contributed by atoms with E-state index in [9.17, 15) is 4.79 Å². The van der Waals surface area contributed by atoms with Crippen LogP contribution in [0.15, 0.2) is 40.8 Å². The topological polar surface area (TPSA) is 66.0 Å². The highest BCUT2D eigenvalue weighted by molar-refractivity contribution is 5.72. The van der Waals surface area contributed by atoms with Crippen LogP contribution in [0.3, 0.4) is 0 Å². The van der Waals surface area contributed by atoms with Gasteiger partial charge >= 0.3 is 0 Å². The molecule has 0 spiro atoms. The molecule has 0 unspecified atom stereocenters. The molecule has 0 saturated carbocycles. The van der Waals surface area contributed by atoms with Crippen molar-refractivity contribution in [3.05, 3.63) is 47.7 Å². The van der Waals surface area contributed by atoms with Gasteiger partial charge in [-0.2, -0.15) is 5.26 Å². The molecule has 0 saturated heterocycles. The van der Waals surface area contributed by atoms with E-state index in [1.54, 1.807) is 12.1 Å². The van der Waals surface area contributed by atoms with Crippen LogP contribution in [-0.2, 0) is 11.3 Å². The first-order chi connectivity index (χ1) is 8.69. The van der Waals surface area contributed by atoms with Gasteiger partial charge in [0.1, 0.15) is 11.5 Å². The Kier molecular flexibility index (Phi) is 3.44. The maximum absolute atomic E-state index is 10.8. The van der Waals surface area contributed by atoms with Crippen LogP contribution in [0.4, 0.5) is 0 Å². The van der Waals surface area contributed by atoms with Crippen molar-refractivity contribution in [2.45, 2.75) is 13.5 Å². The summed E-state index contributed by atoms with van der Waals surface area (Å²) in [7, 11) is 0. The Bertz CT molecular complexity index is 591. The Morgan fingerprint density at radius 1 is 1.28 bits per heavy atom. The van der Waals surface area contributed by atoms with Gasteiger partial charge in [-0.15, -0.1) is 0 Å². The molecule has 4 heteroatoms. The predicted octanol–water partition coefficient (Wildman–Crippen LogP) is 2.45. The van der Waals surface area contributed by atoms with E-state index in [1.807, 2.05) is 24.3 Å². The Labute approximate surface area is 105 Å². The third-order valence-corrected chi connectivity index (χ3v) is 2.47. The average Bonchev–Trinajstić information content (AvgIpc) is 2.85. The van der Waals surface area contributed by atoms with Gasteiger partial charge in [-0.25, -0.2) is 0 Å². The molecule has 4 nitrogen and oxygen atoms in total. The van der Waals surface area contributed by atoms with Gasteiger partial charge in [0.05, 0.1) is 18.2 Å². The lowest BCUT2D eigenvalue weighted by Crippen LogP contribution is -2.18. The average molecular weight is 240 g/mol. The normalized spacial score (nSPS) is 9.78. The Hall–Kier alpha value is -2.54. The molecular weight excluding hydrogens is 228 g/mol. The molecule has 2 aromatic rings. The van der Waals surface area contributed by atoms with Crippen molar-refractivity contribution < 1.29 is 9.21 Å².